The Balaban J connectivity index is 1.60. The highest BCUT2D eigenvalue weighted by Crippen LogP contribution is 2.38. The lowest BCUT2D eigenvalue weighted by Crippen LogP contribution is -2.23. The van der Waals surface area contributed by atoms with Crippen LogP contribution in [0.5, 0.6) is 0 Å². The van der Waals surface area contributed by atoms with Crippen molar-refractivity contribution >= 4 is 41.0 Å². The van der Waals surface area contributed by atoms with Crippen molar-refractivity contribution in [3.05, 3.63) is 65.5 Å². The van der Waals surface area contributed by atoms with Crippen molar-refractivity contribution in [2.24, 2.45) is 0 Å². The maximum absolute atomic E-state index is 11.7. The molecule has 0 spiro atoms. The van der Waals surface area contributed by atoms with Gasteiger partial charge in [0.1, 0.15) is 0 Å². The lowest BCUT2D eigenvalue weighted by molar-refractivity contribution is 0.144. The highest BCUT2D eigenvalue weighted by Gasteiger charge is 2.09. The summed E-state index contributed by atoms with van der Waals surface area (Å²) < 4.78 is 6.34. The van der Waals surface area contributed by atoms with E-state index >= 15 is 0 Å². The first-order chi connectivity index (χ1) is 14.2. The van der Waals surface area contributed by atoms with Crippen LogP contribution in [0.25, 0.3) is 11.1 Å². The SMILES string of the molecule is CCCCOC(=O)NCc1ccc(Sc2ccc(-c3ccccc3)c(SC)c2)s1. The summed E-state index contributed by atoms with van der Waals surface area (Å²) >= 11 is 5.22. The summed E-state index contributed by atoms with van der Waals surface area (Å²) in [5.74, 6) is 0. The first kappa shape index (κ1) is 21.8. The van der Waals surface area contributed by atoms with Crippen LogP contribution in [0.2, 0.25) is 0 Å². The number of amides is 1. The Hall–Kier alpha value is -1.89. The van der Waals surface area contributed by atoms with Crippen molar-refractivity contribution in [2.45, 2.75) is 40.3 Å². The first-order valence-electron chi connectivity index (χ1n) is 9.60. The molecule has 0 aliphatic heterocycles. The molecule has 0 fully saturated rings. The maximum atomic E-state index is 11.7. The van der Waals surface area contributed by atoms with Gasteiger partial charge in [0.15, 0.2) is 0 Å². The number of hydrogen-bond acceptors (Lipinski definition) is 5. The Morgan fingerprint density at radius 3 is 2.69 bits per heavy atom. The van der Waals surface area contributed by atoms with Crippen molar-refractivity contribution in [3.63, 3.8) is 0 Å². The van der Waals surface area contributed by atoms with Crippen LogP contribution in [-0.2, 0) is 11.3 Å². The third kappa shape index (κ3) is 6.56. The molecule has 0 saturated carbocycles. The third-order valence-electron chi connectivity index (χ3n) is 4.25. The zero-order valence-corrected chi connectivity index (χ0v) is 19.1. The molecule has 0 aliphatic rings. The Morgan fingerprint density at radius 1 is 1.10 bits per heavy atom. The van der Waals surface area contributed by atoms with Gasteiger partial charge < -0.3 is 10.1 Å². The number of nitrogens with one attached hydrogen (secondary N) is 1. The second-order valence-corrected chi connectivity index (χ2v) is 9.78. The molecule has 0 aliphatic carbocycles. The van der Waals surface area contributed by atoms with Gasteiger partial charge in [0, 0.05) is 14.7 Å². The summed E-state index contributed by atoms with van der Waals surface area (Å²) in [6.45, 7) is 3.05. The summed E-state index contributed by atoms with van der Waals surface area (Å²) in [4.78, 5) is 15.3. The van der Waals surface area contributed by atoms with E-state index in [-0.39, 0.29) is 6.09 Å². The second kappa shape index (κ2) is 11.3. The average Bonchev–Trinajstić information content (AvgIpc) is 3.20. The van der Waals surface area contributed by atoms with E-state index in [1.165, 1.54) is 25.1 Å². The topological polar surface area (TPSA) is 38.3 Å². The molecule has 1 N–H and O–H groups in total. The van der Waals surface area contributed by atoms with Gasteiger partial charge >= 0.3 is 6.09 Å². The molecule has 6 heteroatoms. The van der Waals surface area contributed by atoms with E-state index < -0.39 is 0 Å². The van der Waals surface area contributed by atoms with Gasteiger partial charge in [-0.3, -0.25) is 0 Å². The minimum absolute atomic E-state index is 0.345. The predicted molar refractivity (Wildman–Crippen MR) is 125 cm³/mol. The number of benzene rings is 2. The number of hydrogen-bond donors (Lipinski definition) is 1. The molecule has 0 atom stereocenters. The molecule has 1 amide bonds. The maximum Gasteiger partial charge on any atom is 0.407 e. The molecule has 0 unspecified atom stereocenters. The highest BCUT2D eigenvalue weighted by molar-refractivity contribution is 8.01. The molecule has 0 saturated heterocycles. The quantitative estimate of drug-likeness (QED) is 0.278. The number of carbonyl (C=O) groups excluding carboxylic acids is 1. The fraction of sp³-hybridized carbons (Fsp3) is 0.261. The average molecular weight is 444 g/mol. The van der Waals surface area contributed by atoms with Crippen LogP contribution in [0.15, 0.2) is 74.7 Å². The minimum atomic E-state index is -0.345. The van der Waals surface area contributed by atoms with Crippen LogP contribution in [0.3, 0.4) is 0 Å². The summed E-state index contributed by atoms with van der Waals surface area (Å²) in [5, 5.41) is 2.82. The Labute approximate surface area is 185 Å². The van der Waals surface area contributed by atoms with Gasteiger partial charge in [-0.15, -0.1) is 23.1 Å². The molecule has 2 aromatic carbocycles. The monoisotopic (exact) mass is 443 g/mol. The lowest BCUT2D eigenvalue weighted by Gasteiger charge is -2.09. The van der Waals surface area contributed by atoms with Crippen molar-refractivity contribution in [3.8, 4) is 11.1 Å². The van der Waals surface area contributed by atoms with Gasteiger partial charge in [-0.2, -0.15) is 0 Å². The number of thioether (sulfide) groups is 1. The zero-order valence-electron chi connectivity index (χ0n) is 16.6. The Morgan fingerprint density at radius 2 is 1.93 bits per heavy atom. The van der Waals surface area contributed by atoms with Crippen molar-refractivity contribution in [1.29, 1.82) is 0 Å². The normalized spacial score (nSPS) is 10.7. The fourth-order valence-corrected chi connectivity index (χ4v) is 5.59. The van der Waals surface area contributed by atoms with Gasteiger partial charge in [-0.05, 0) is 48.1 Å². The standard InChI is InChI=1S/C23H25NO2S3/c1-3-4-14-26-23(25)24-16-19-11-13-22(29-19)28-18-10-12-20(21(15-18)27-2)17-8-6-5-7-9-17/h5-13,15H,3-4,14,16H2,1-2H3,(H,24,25). The van der Waals surface area contributed by atoms with Crippen LogP contribution < -0.4 is 5.32 Å². The number of carbonyl (C=O) groups is 1. The van der Waals surface area contributed by atoms with Gasteiger partial charge in [0.2, 0.25) is 0 Å². The van der Waals surface area contributed by atoms with E-state index in [1.54, 1.807) is 34.9 Å². The number of unbranched alkanes of at least 4 members (excludes halogenated alkanes) is 1. The molecular weight excluding hydrogens is 418 g/mol. The van der Waals surface area contributed by atoms with E-state index in [1.807, 2.05) is 6.07 Å². The molecule has 1 aromatic heterocycles. The van der Waals surface area contributed by atoms with Crippen molar-refractivity contribution in [1.82, 2.24) is 5.32 Å². The van der Waals surface area contributed by atoms with E-state index in [9.17, 15) is 4.79 Å². The third-order valence-corrected chi connectivity index (χ3v) is 7.24. The molecular formula is C23H25NO2S3. The number of ether oxygens (including phenoxy) is 1. The van der Waals surface area contributed by atoms with Gasteiger partial charge in [0.05, 0.1) is 17.4 Å². The number of thiophene rings is 1. The molecule has 152 valence electrons. The van der Waals surface area contributed by atoms with Crippen LogP contribution >= 0.6 is 34.9 Å². The predicted octanol–water partition coefficient (Wildman–Crippen LogP) is 7.31. The fourth-order valence-electron chi connectivity index (χ4n) is 2.74. The smallest absolute Gasteiger partial charge is 0.407 e. The van der Waals surface area contributed by atoms with E-state index in [4.69, 9.17) is 4.74 Å². The van der Waals surface area contributed by atoms with Crippen LogP contribution in [0.4, 0.5) is 4.79 Å². The van der Waals surface area contributed by atoms with Gasteiger partial charge in [0.25, 0.3) is 0 Å². The largest absolute Gasteiger partial charge is 0.450 e. The van der Waals surface area contributed by atoms with E-state index in [2.05, 4.69) is 73.1 Å². The molecule has 0 radical (unpaired) electrons. The number of rotatable bonds is 9. The highest BCUT2D eigenvalue weighted by atomic mass is 32.2. The molecule has 3 aromatic rings. The van der Waals surface area contributed by atoms with Crippen molar-refractivity contribution in [2.75, 3.05) is 12.9 Å². The second-order valence-electron chi connectivity index (χ2n) is 6.39. The summed E-state index contributed by atoms with van der Waals surface area (Å²) in [6.07, 6.45) is 3.68. The van der Waals surface area contributed by atoms with Crippen molar-refractivity contribution < 1.29 is 9.53 Å². The zero-order chi connectivity index (χ0) is 20.5. The van der Waals surface area contributed by atoms with Crippen LogP contribution in [0.1, 0.15) is 24.6 Å². The van der Waals surface area contributed by atoms with E-state index in [0.717, 1.165) is 17.7 Å². The molecule has 1 heterocycles. The van der Waals surface area contributed by atoms with Crippen LogP contribution in [-0.4, -0.2) is 19.0 Å². The minimum Gasteiger partial charge on any atom is -0.450 e. The first-order valence-corrected chi connectivity index (χ1v) is 12.5. The molecule has 29 heavy (non-hydrogen) atoms. The molecule has 3 nitrogen and oxygen atoms in total. The van der Waals surface area contributed by atoms with Gasteiger partial charge in [-0.25, -0.2) is 4.79 Å². The lowest BCUT2D eigenvalue weighted by atomic mass is 10.1. The van der Waals surface area contributed by atoms with E-state index in [0.29, 0.717) is 13.2 Å². The summed E-state index contributed by atoms with van der Waals surface area (Å²) in [7, 11) is 0. The Bertz CT molecular complexity index is 925. The molecule has 0 bridgehead atoms. The molecule has 3 rings (SSSR count). The number of alkyl carbamates (subject to hydrolysis) is 1. The Kier molecular flexibility index (Phi) is 8.52. The van der Waals surface area contributed by atoms with Crippen LogP contribution in [0, 0.1) is 0 Å². The van der Waals surface area contributed by atoms with Gasteiger partial charge in [-0.1, -0.05) is 61.5 Å². The summed E-state index contributed by atoms with van der Waals surface area (Å²) in [6, 6.07) is 21.3. The summed E-state index contributed by atoms with van der Waals surface area (Å²) in [5.41, 5.74) is 2.50.